The maximum atomic E-state index is 11.7. The molecule has 0 bridgehead atoms. The van der Waals surface area contributed by atoms with Crippen molar-refractivity contribution in [2.75, 3.05) is 14.2 Å². The Labute approximate surface area is 144 Å². The molecule has 2 N–H and O–H groups in total. The van der Waals surface area contributed by atoms with Crippen molar-refractivity contribution in [1.82, 2.24) is 15.7 Å². The van der Waals surface area contributed by atoms with Gasteiger partial charge in [0.2, 0.25) is 0 Å². The van der Waals surface area contributed by atoms with Crippen LogP contribution in [0.25, 0.3) is 0 Å². The third-order valence-electron chi connectivity index (χ3n) is 3.15. The van der Waals surface area contributed by atoms with Crippen molar-refractivity contribution in [3.05, 3.63) is 53.9 Å². The summed E-state index contributed by atoms with van der Waals surface area (Å²) in [5, 5.41) is 6.21. The average molecular weight is 342 g/mol. The summed E-state index contributed by atoms with van der Waals surface area (Å²) in [5.74, 6) is -0.550. The third-order valence-corrected chi connectivity index (χ3v) is 3.15. The first-order valence-corrected chi connectivity index (χ1v) is 7.37. The molecule has 0 atom stereocenters. The van der Waals surface area contributed by atoms with Crippen LogP contribution in [0.2, 0.25) is 0 Å². The lowest BCUT2D eigenvalue weighted by atomic mass is 10.2. The molecular formula is C17H18N4O4. The maximum Gasteiger partial charge on any atom is 0.329 e. The number of carbonyl (C=O) groups excluding carboxylic acids is 2. The molecule has 0 spiro atoms. The predicted molar refractivity (Wildman–Crippen MR) is 91.4 cm³/mol. The van der Waals surface area contributed by atoms with Gasteiger partial charge in [0.1, 0.15) is 0 Å². The van der Waals surface area contributed by atoms with E-state index in [0.717, 1.165) is 0 Å². The number of hydrazone groups is 1. The topological polar surface area (TPSA) is 102 Å². The van der Waals surface area contributed by atoms with Crippen LogP contribution in [0.1, 0.15) is 11.3 Å². The van der Waals surface area contributed by atoms with E-state index in [-0.39, 0.29) is 6.54 Å². The van der Waals surface area contributed by atoms with E-state index in [4.69, 9.17) is 9.47 Å². The summed E-state index contributed by atoms with van der Waals surface area (Å²) in [6.07, 6.45) is 3.00. The number of carbonyl (C=O) groups is 2. The fourth-order valence-corrected chi connectivity index (χ4v) is 1.90. The van der Waals surface area contributed by atoms with Gasteiger partial charge < -0.3 is 14.8 Å². The molecule has 25 heavy (non-hydrogen) atoms. The first-order chi connectivity index (χ1) is 12.1. The highest BCUT2D eigenvalue weighted by Crippen LogP contribution is 2.26. The van der Waals surface area contributed by atoms with E-state index in [9.17, 15) is 9.59 Å². The molecule has 1 heterocycles. The molecule has 2 aromatic rings. The molecule has 2 rings (SSSR count). The van der Waals surface area contributed by atoms with Crippen LogP contribution in [0.15, 0.2) is 47.7 Å². The van der Waals surface area contributed by atoms with Gasteiger partial charge in [0.25, 0.3) is 0 Å². The zero-order valence-electron chi connectivity index (χ0n) is 13.9. The second-order valence-corrected chi connectivity index (χ2v) is 4.82. The molecule has 1 aromatic carbocycles. The van der Waals surface area contributed by atoms with Crippen molar-refractivity contribution in [3.63, 3.8) is 0 Å². The predicted octanol–water partition coefficient (Wildman–Crippen LogP) is 0.865. The molecule has 0 saturated heterocycles. The SMILES string of the molecule is COc1ccc(/C=N\NC(=O)C(=O)NCc2ccccn2)cc1OC. The highest BCUT2D eigenvalue weighted by molar-refractivity contribution is 6.35. The molecule has 0 aliphatic heterocycles. The quantitative estimate of drug-likeness (QED) is 0.461. The number of ether oxygens (including phenoxy) is 2. The zero-order chi connectivity index (χ0) is 18.1. The Kier molecular flexibility index (Phi) is 6.47. The number of rotatable bonds is 6. The summed E-state index contributed by atoms with van der Waals surface area (Å²) in [6, 6.07) is 10.4. The standard InChI is InChI=1S/C17H18N4O4/c1-24-14-7-6-12(9-15(14)25-2)10-20-21-17(23)16(22)19-11-13-5-3-4-8-18-13/h3-10H,11H2,1-2H3,(H,19,22)(H,21,23)/b20-10-. The van der Waals surface area contributed by atoms with Crippen LogP contribution in [0.4, 0.5) is 0 Å². The van der Waals surface area contributed by atoms with Crippen LogP contribution in [0, 0.1) is 0 Å². The molecule has 8 heteroatoms. The van der Waals surface area contributed by atoms with E-state index in [1.165, 1.54) is 20.4 Å². The molecule has 0 aliphatic carbocycles. The molecule has 0 unspecified atom stereocenters. The number of methoxy groups -OCH3 is 2. The van der Waals surface area contributed by atoms with Gasteiger partial charge in [-0.15, -0.1) is 0 Å². The fraction of sp³-hybridized carbons (Fsp3) is 0.176. The number of hydrogen-bond acceptors (Lipinski definition) is 6. The second kappa shape index (κ2) is 9.02. The Hall–Kier alpha value is -3.42. The van der Waals surface area contributed by atoms with E-state index >= 15 is 0 Å². The summed E-state index contributed by atoms with van der Waals surface area (Å²) in [4.78, 5) is 27.4. The highest BCUT2D eigenvalue weighted by atomic mass is 16.5. The lowest BCUT2D eigenvalue weighted by Gasteiger charge is -2.07. The Morgan fingerprint density at radius 3 is 2.60 bits per heavy atom. The first kappa shape index (κ1) is 17.9. The van der Waals surface area contributed by atoms with Gasteiger partial charge in [0, 0.05) is 6.20 Å². The Morgan fingerprint density at radius 1 is 1.12 bits per heavy atom. The summed E-state index contributed by atoms with van der Waals surface area (Å²) in [5.41, 5.74) is 3.48. The van der Waals surface area contributed by atoms with Crippen LogP contribution < -0.4 is 20.2 Å². The highest BCUT2D eigenvalue weighted by Gasteiger charge is 2.12. The average Bonchev–Trinajstić information content (AvgIpc) is 2.66. The number of hydrogen-bond donors (Lipinski definition) is 2. The fourth-order valence-electron chi connectivity index (χ4n) is 1.90. The Bertz CT molecular complexity index is 762. The molecule has 8 nitrogen and oxygen atoms in total. The molecule has 1 aromatic heterocycles. The smallest absolute Gasteiger partial charge is 0.329 e. The monoisotopic (exact) mass is 342 g/mol. The normalized spacial score (nSPS) is 10.3. The number of benzene rings is 1. The molecule has 0 radical (unpaired) electrons. The summed E-state index contributed by atoms with van der Waals surface area (Å²) < 4.78 is 10.3. The van der Waals surface area contributed by atoms with Crippen LogP contribution in [-0.2, 0) is 16.1 Å². The van der Waals surface area contributed by atoms with Crippen LogP contribution >= 0.6 is 0 Å². The number of aromatic nitrogens is 1. The van der Waals surface area contributed by atoms with Crippen molar-refractivity contribution in [2.24, 2.45) is 5.10 Å². The Morgan fingerprint density at radius 2 is 1.92 bits per heavy atom. The maximum absolute atomic E-state index is 11.7. The molecule has 2 amide bonds. The largest absolute Gasteiger partial charge is 0.493 e. The van der Waals surface area contributed by atoms with Gasteiger partial charge in [-0.2, -0.15) is 5.10 Å². The van der Waals surface area contributed by atoms with E-state index in [1.54, 1.807) is 42.6 Å². The number of nitrogens with one attached hydrogen (secondary N) is 2. The number of nitrogens with zero attached hydrogens (tertiary/aromatic N) is 2. The minimum absolute atomic E-state index is 0.159. The van der Waals surface area contributed by atoms with Gasteiger partial charge in [-0.05, 0) is 35.9 Å². The number of pyridine rings is 1. The number of amides is 2. The van der Waals surface area contributed by atoms with Gasteiger partial charge in [-0.25, -0.2) is 5.43 Å². The minimum Gasteiger partial charge on any atom is -0.493 e. The third kappa shape index (κ3) is 5.31. The molecule has 0 fully saturated rings. The van der Waals surface area contributed by atoms with Crippen LogP contribution in [0.5, 0.6) is 11.5 Å². The van der Waals surface area contributed by atoms with Crippen molar-refractivity contribution in [1.29, 1.82) is 0 Å². The molecular weight excluding hydrogens is 324 g/mol. The van der Waals surface area contributed by atoms with E-state index in [2.05, 4.69) is 20.8 Å². The van der Waals surface area contributed by atoms with Gasteiger partial charge in [0.05, 0.1) is 32.7 Å². The first-order valence-electron chi connectivity index (χ1n) is 7.37. The van der Waals surface area contributed by atoms with E-state index in [1.807, 2.05) is 0 Å². The van der Waals surface area contributed by atoms with Gasteiger partial charge in [0.15, 0.2) is 11.5 Å². The van der Waals surface area contributed by atoms with Crippen molar-refractivity contribution in [3.8, 4) is 11.5 Å². The van der Waals surface area contributed by atoms with Gasteiger partial charge in [-0.3, -0.25) is 14.6 Å². The molecule has 0 aliphatic rings. The van der Waals surface area contributed by atoms with E-state index in [0.29, 0.717) is 22.8 Å². The summed E-state index contributed by atoms with van der Waals surface area (Å²) in [6.45, 7) is 0.159. The zero-order valence-corrected chi connectivity index (χ0v) is 13.9. The Balaban J connectivity index is 1.86. The van der Waals surface area contributed by atoms with Crippen molar-refractivity contribution >= 4 is 18.0 Å². The van der Waals surface area contributed by atoms with Crippen LogP contribution in [-0.4, -0.2) is 37.2 Å². The second-order valence-electron chi connectivity index (χ2n) is 4.82. The van der Waals surface area contributed by atoms with Crippen molar-refractivity contribution < 1.29 is 19.1 Å². The summed E-state index contributed by atoms with van der Waals surface area (Å²) in [7, 11) is 3.06. The van der Waals surface area contributed by atoms with Gasteiger partial charge >= 0.3 is 11.8 Å². The lowest BCUT2D eigenvalue weighted by Crippen LogP contribution is -2.37. The van der Waals surface area contributed by atoms with E-state index < -0.39 is 11.8 Å². The van der Waals surface area contributed by atoms with Gasteiger partial charge in [-0.1, -0.05) is 6.07 Å². The van der Waals surface area contributed by atoms with Crippen molar-refractivity contribution in [2.45, 2.75) is 6.54 Å². The van der Waals surface area contributed by atoms with Crippen LogP contribution in [0.3, 0.4) is 0 Å². The molecule has 130 valence electrons. The summed E-state index contributed by atoms with van der Waals surface area (Å²) >= 11 is 0. The molecule has 0 saturated carbocycles. The minimum atomic E-state index is -0.868. The lowest BCUT2D eigenvalue weighted by molar-refractivity contribution is -0.139.